The molecule has 1 N–H and O–H groups in total. The van der Waals surface area contributed by atoms with E-state index in [0.29, 0.717) is 43.0 Å². The van der Waals surface area contributed by atoms with Crippen LogP contribution in [0.1, 0.15) is 44.8 Å². The van der Waals surface area contributed by atoms with Gasteiger partial charge in [-0.05, 0) is 66.8 Å². The van der Waals surface area contributed by atoms with Crippen molar-refractivity contribution in [1.82, 2.24) is 19.4 Å². The van der Waals surface area contributed by atoms with Crippen LogP contribution in [0.3, 0.4) is 0 Å². The average molecular weight is 434 g/mol. The minimum absolute atomic E-state index is 0.132. The first-order chi connectivity index (χ1) is 15.5. The van der Waals surface area contributed by atoms with Gasteiger partial charge in [0.05, 0.1) is 0 Å². The van der Waals surface area contributed by atoms with Crippen LogP contribution in [0.5, 0.6) is 0 Å². The molecule has 1 fully saturated rings. The van der Waals surface area contributed by atoms with E-state index in [9.17, 15) is 18.8 Å². The number of carbonyl (C=O) groups excluding carboxylic acids is 2. The summed E-state index contributed by atoms with van der Waals surface area (Å²) < 4.78 is 14.9. The average Bonchev–Trinajstić information content (AvgIpc) is 3.53. The lowest BCUT2D eigenvalue weighted by Gasteiger charge is -2.31. The van der Waals surface area contributed by atoms with E-state index in [-0.39, 0.29) is 23.9 Å². The first-order valence-electron chi connectivity index (χ1n) is 10.8. The molecule has 164 valence electrons. The standard InChI is InChI=1S/C24H23FN4O3/c25-17-5-7-18(8-6-17)29-15-16-14-28(22(30)20-4-3-10-26-20)13-9-19(16)21(24(29)32)23(31)27-11-1-2-12-27/h3-8,10,15,26H,1-2,9,11-14H2. The Hall–Kier alpha value is -3.68. The summed E-state index contributed by atoms with van der Waals surface area (Å²) in [4.78, 5) is 46.0. The normalized spacial score (nSPS) is 15.7. The van der Waals surface area contributed by atoms with Crippen molar-refractivity contribution < 1.29 is 14.0 Å². The van der Waals surface area contributed by atoms with Crippen molar-refractivity contribution in [3.63, 3.8) is 0 Å². The van der Waals surface area contributed by atoms with E-state index in [1.807, 2.05) is 0 Å². The lowest BCUT2D eigenvalue weighted by Crippen LogP contribution is -2.41. The number of pyridine rings is 1. The summed E-state index contributed by atoms with van der Waals surface area (Å²) in [5.41, 5.74) is 2.19. The molecular weight excluding hydrogens is 411 g/mol. The monoisotopic (exact) mass is 434 g/mol. The molecule has 0 spiro atoms. The third-order valence-corrected chi connectivity index (χ3v) is 6.23. The number of aromatic amines is 1. The molecule has 0 atom stereocenters. The third kappa shape index (κ3) is 3.51. The van der Waals surface area contributed by atoms with Crippen molar-refractivity contribution in [1.29, 1.82) is 0 Å². The van der Waals surface area contributed by atoms with Crippen LogP contribution in [0, 0.1) is 5.82 Å². The number of rotatable bonds is 3. The summed E-state index contributed by atoms with van der Waals surface area (Å²) in [6, 6.07) is 9.08. The number of hydrogen-bond donors (Lipinski definition) is 1. The molecule has 0 bridgehead atoms. The van der Waals surface area contributed by atoms with Gasteiger partial charge in [-0.1, -0.05) is 0 Å². The van der Waals surface area contributed by atoms with Gasteiger partial charge in [-0.15, -0.1) is 0 Å². The van der Waals surface area contributed by atoms with Crippen molar-refractivity contribution in [2.75, 3.05) is 19.6 Å². The first kappa shape index (κ1) is 20.2. The molecule has 0 radical (unpaired) electrons. The molecule has 0 saturated carbocycles. The lowest BCUT2D eigenvalue weighted by molar-refractivity contribution is 0.0728. The van der Waals surface area contributed by atoms with Gasteiger partial charge < -0.3 is 14.8 Å². The summed E-state index contributed by atoms with van der Waals surface area (Å²) in [6.07, 6.45) is 5.65. The van der Waals surface area contributed by atoms with Crippen LogP contribution in [-0.2, 0) is 13.0 Å². The zero-order chi connectivity index (χ0) is 22.2. The van der Waals surface area contributed by atoms with Gasteiger partial charge in [0.15, 0.2) is 0 Å². The van der Waals surface area contributed by atoms with Crippen LogP contribution in [0.4, 0.5) is 4.39 Å². The van der Waals surface area contributed by atoms with Crippen molar-refractivity contribution in [3.05, 3.63) is 87.3 Å². The van der Waals surface area contributed by atoms with Crippen molar-refractivity contribution >= 4 is 11.8 Å². The Labute approximate surface area is 184 Å². The van der Waals surface area contributed by atoms with Crippen LogP contribution < -0.4 is 5.56 Å². The number of hydrogen-bond acceptors (Lipinski definition) is 3. The number of nitrogens with one attached hydrogen (secondary N) is 1. The molecule has 2 aliphatic heterocycles. The second kappa shape index (κ2) is 8.11. The predicted octanol–water partition coefficient (Wildman–Crippen LogP) is 2.74. The van der Waals surface area contributed by atoms with Crippen LogP contribution in [0.2, 0.25) is 0 Å². The molecule has 4 heterocycles. The summed E-state index contributed by atoms with van der Waals surface area (Å²) in [5, 5.41) is 0. The van der Waals surface area contributed by atoms with E-state index >= 15 is 0 Å². The molecule has 3 aromatic rings. The molecule has 1 saturated heterocycles. The van der Waals surface area contributed by atoms with Gasteiger partial charge in [-0.3, -0.25) is 19.0 Å². The van der Waals surface area contributed by atoms with Gasteiger partial charge in [-0.25, -0.2) is 4.39 Å². The molecule has 1 aromatic carbocycles. The Kier molecular flexibility index (Phi) is 5.13. The minimum atomic E-state index is -0.407. The number of amides is 2. The fourth-order valence-electron chi connectivity index (χ4n) is 4.56. The molecule has 2 amide bonds. The van der Waals surface area contributed by atoms with E-state index in [1.54, 1.807) is 34.3 Å². The maximum atomic E-state index is 13.5. The molecule has 32 heavy (non-hydrogen) atoms. The molecule has 0 aliphatic carbocycles. The van der Waals surface area contributed by atoms with E-state index in [2.05, 4.69) is 4.98 Å². The largest absolute Gasteiger partial charge is 0.357 e. The Morgan fingerprint density at radius 2 is 1.69 bits per heavy atom. The Morgan fingerprint density at radius 1 is 0.938 bits per heavy atom. The fraction of sp³-hybridized carbons (Fsp3) is 0.292. The van der Waals surface area contributed by atoms with E-state index in [0.717, 1.165) is 18.4 Å². The van der Waals surface area contributed by atoms with Gasteiger partial charge in [0.1, 0.15) is 17.1 Å². The van der Waals surface area contributed by atoms with Crippen LogP contribution in [0.15, 0.2) is 53.6 Å². The number of fused-ring (bicyclic) bond motifs is 1. The number of aromatic nitrogens is 2. The summed E-state index contributed by atoms with van der Waals surface area (Å²) >= 11 is 0. The van der Waals surface area contributed by atoms with Crippen LogP contribution in [-0.4, -0.2) is 50.8 Å². The highest BCUT2D eigenvalue weighted by molar-refractivity contribution is 5.96. The quantitative estimate of drug-likeness (QED) is 0.689. The molecule has 5 rings (SSSR count). The number of likely N-dealkylation sites (tertiary alicyclic amines) is 1. The molecular formula is C24H23FN4O3. The highest BCUT2D eigenvalue weighted by atomic mass is 19.1. The summed E-state index contributed by atoms with van der Waals surface area (Å²) in [5.74, 6) is -0.798. The zero-order valence-corrected chi connectivity index (χ0v) is 17.5. The Balaban J connectivity index is 1.60. The van der Waals surface area contributed by atoms with Gasteiger partial charge in [0, 0.05) is 44.3 Å². The van der Waals surface area contributed by atoms with Gasteiger partial charge >= 0.3 is 0 Å². The molecule has 0 unspecified atom stereocenters. The molecule has 2 aliphatic rings. The highest BCUT2D eigenvalue weighted by Crippen LogP contribution is 2.25. The van der Waals surface area contributed by atoms with Gasteiger partial charge in [0.25, 0.3) is 17.4 Å². The summed E-state index contributed by atoms with van der Waals surface area (Å²) in [7, 11) is 0. The van der Waals surface area contributed by atoms with Crippen molar-refractivity contribution in [2.45, 2.75) is 25.8 Å². The highest BCUT2D eigenvalue weighted by Gasteiger charge is 2.31. The second-order valence-corrected chi connectivity index (χ2v) is 8.22. The molecule has 7 nitrogen and oxygen atoms in total. The first-order valence-corrected chi connectivity index (χ1v) is 10.8. The molecule has 8 heteroatoms. The summed E-state index contributed by atoms with van der Waals surface area (Å²) in [6.45, 7) is 1.98. The van der Waals surface area contributed by atoms with Crippen LogP contribution >= 0.6 is 0 Å². The van der Waals surface area contributed by atoms with E-state index in [1.165, 1.54) is 28.8 Å². The van der Waals surface area contributed by atoms with E-state index < -0.39 is 11.4 Å². The zero-order valence-electron chi connectivity index (χ0n) is 17.5. The second-order valence-electron chi connectivity index (χ2n) is 8.22. The lowest BCUT2D eigenvalue weighted by atomic mass is 9.95. The predicted molar refractivity (Wildman–Crippen MR) is 116 cm³/mol. The maximum Gasteiger partial charge on any atom is 0.270 e. The fourth-order valence-corrected chi connectivity index (χ4v) is 4.56. The van der Waals surface area contributed by atoms with Gasteiger partial charge in [-0.2, -0.15) is 0 Å². The number of halogens is 1. The number of nitrogens with zero attached hydrogens (tertiary/aromatic N) is 3. The Morgan fingerprint density at radius 3 is 2.38 bits per heavy atom. The van der Waals surface area contributed by atoms with Crippen LogP contribution in [0.25, 0.3) is 5.69 Å². The number of H-pyrrole nitrogens is 1. The number of benzene rings is 1. The van der Waals surface area contributed by atoms with Crippen molar-refractivity contribution in [2.24, 2.45) is 0 Å². The third-order valence-electron chi connectivity index (χ3n) is 6.23. The smallest absolute Gasteiger partial charge is 0.270 e. The number of carbonyl (C=O) groups is 2. The van der Waals surface area contributed by atoms with Crippen molar-refractivity contribution in [3.8, 4) is 5.69 Å². The SMILES string of the molecule is O=C(c1ccc[nH]1)N1CCc2c(cn(-c3ccc(F)cc3)c(=O)c2C(=O)N2CCCC2)C1. The topological polar surface area (TPSA) is 78.4 Å². The Bertz CT molecular complexity index is 1230. The molecule has 2 aromatic heterocycles. The minimum Gasteiger partial charge on any atom is -0.357 e. The van der Waals surface area contributed by atoms with E-state index in [4.69, 9.17) is 0 Å². The maximum absolute atomic E-state index is 13.5. The van der Waals surface area contributed by atoms with Gasteiger partial charge in [0.2, 0.25) is 0 Å².